The van der Waals surface area contributed by atoms with E-state index < -0.39 is 11.9 Å². The highest BCUT2D eigenvalue weighted by Gasteiger charge is 2.18. The highest BCUT2D eigenvalue weighted by molar-refractivity contribution is 7.19. The van der Waals surface area contributed by atoms with Gasteiger partial charge in [0.25, 0.3) is 5.91 Å². The first-order valence-corrected chi connectivity index (χ1v) is 8.71. The number of nitrogens with one attached hydrogen (secondary N) is 4. The van der Waals surface area contributed by atoms with Gasteiger partial charge in [0.2, 0.25) is 0 Å². The summed E-state index contributed by atoms with van der Waals surface area (Å²) in [5, 5.41) is 2.66. The molecule has 1 atom stereocenters. The van der Waals surface area contributed by atoms with E-state index in [1.165, 1.54) is 11.3 Å². The van der Waals surface area contributed by atoms with Crippen LogP contribution in [0, 0.1) is 0 Å². The predicted octanol–water partition coefficient (Wildman–Crippen LogP) is 2.52. The fourth-order valence-corrected chi connectivity index (χ4v) is 3.52. The van der Waals surface area contributed by atoms with Crippen LogP contribution in [0.3, 0.4) is 0 Å². The number of carbonyl (C=O) groups excluding carboxylic acids is 2. The van der Waals surface area contributed by atoms with Crippen molar-refractivity contribution < 1.29 is 14.3 Å². The van der Waals surface area contributed by atoms with Gasteiger partial charge >= 0.3 is 6.03 Å². The topological polar surface area (TPSA) is 95.2 Å². The van der Waals surface area contributed by atoms with Crippen molar-refractivity contribution in [2.75, 3.05) is 13.2 Å². The van der Waals surface area contributed by atoms with Crippen molar-refractivity contribution >= 4 is 34.9 Å². The normalized spacial score (nSPS) is 16.8. The molecule has 128 valence electrons. The second kappa shape index (κ2) is 7.69. The summed E-state index contributed by atoms with van der Waals surface area (Å²) in [6.07, 6.45) is 5.28. The first kappa shape index (κ1) is 16.8. The molecule has 3 heterocycles. The van der Waals surface area contributed by atoms with E-state index in [0.717, 1.165) is 29.9 Å². The van der Waals surface area contributed by atoms with Crippen molar-refractivity contribution in [3.05, 3.63) is 34.4 Å². The lowest BCUT2D eigenvalue weighted by molar-refractivity contribution is 0.0934. The average molecular weight is 369 g/mol. The molecule has 0 aromatic carbocycles. The van der Waals surface area contributed by atoms with E-state index in [1.54, 1.807) is 18.5 Å². The summed E-state index contributed by atoms with van der Waals surface area (Å²) in [5.74, 6) is -0.414. The Hall–Kier alpha value is -2.03. The van der Waals surface area contributed by atoms with Gasteiger partial charge in [-0.3, -0.25) is 10.2 Å². The highest BCUT2D eigenvalue weighted by Crippen LogP contribution is 2.32. The minimum Gasteiger partial charge on any atom is -0.376 e. The van der Waals surface area contributed by atoms with E-state index in [2.05, 4.69) is 21.2 Å². The Morgan fingerprint density at radius 1 is 1.33 bits per heavy atom. The summed E-state index contributed by atoms with van der Waals surface area (Å²) < 4.78 is 6.05. The van der Waals surface area contributed by atoms with Crippen LogP contribution in [0.15, 0.2) is 24.5 Å². The van der Waals surface area contributed by atoms with E-state index in [-0.39, 0.29) is 6.10 Å². The Morgan fingerprint density at radius 3 is 2.92 bits per heavy atom. The third kappa shape index (κ3) is 4.08. The maximum absolute atomic E-state index is 12.2. The lowest BCUT2D eigenvalue weighted by Gasteiger charge is -2.12. The summed E-state index contributed by atoms with van der Waals surface area (Å²) in [5.41, 5.74) is 5.88. The first-order chi connectivity index (χ1) is 11.6. The Kier molecular flexibility index (Phi) is 5.39. The second-order valence-corrected chi connectivity index (χ2v) is 7.03. The van der Waals surface area contributed by atoms with Gasteiger partial charge in [0.1, 0.15) is 0 Å². The number of H-pyrrole nitrogens is 1. The zero-order valence-electron chi connectivity index (χ0n) is 12.7. The number of ether oxygens (including phenoxy) is 1. The van der Waals surface area contributed by atoms with E-state index in [1.807, 2.05) is 6.07 Å². The number of rotatable bonds is 4. The number of hydrazine groups is 1. The van der Waals surface area contributed by atoms with Gasteiger partial charge in [-0.2, -0.15) is 0 Å². The van der Waals surface area contributed by atoms with E-state index >= 15 is 0 Å². The lowest BCUT2D eigenvalue weighted by atomic mass is 10.1. The van der Waals surface area contributed by atoms with Crippen LogP contribution in [0.25, 0.3) is 10.4 Å². The number of aromatic nitrogens is 1. The van der Waals surface area contributed by atoms with E-state index in [9.17, 15) is 9.59 Å². The molecule has 1 aliphatic heterocycles. The number of hydrogen-bond donors (Lipinski definition) is 4. The van der Waals surface area contributed by atoms with Crippen molar-refractivity contribution in [3.8, 4) is 10.4 Å². The van der Waals surface area contributed by atoms with Crippen LogP contribution < -0.4 is 16.2 Å². The number of carbonyl (C=O) groups is 2. The molecule has 9 heteroatoms. The molecular weight excluding hydrogens is 352 g/mol. The molecule has 0 bridgehead atoms. The van der Waals surface area contributed by atoms with Gasteiger partial charge in [0, 0.05) is 36.0 Å². The number of aromatic amines is 1. The number of hydrogen-bond acceptors (Lipinski definition) is 4. The summed E-state index contributed by atoms with van der Waals surface area (Å²) in [4.78, 5) is 27.7. The predicted molar refractivity (Wildman–Crippen MR) is 92.1 cm³/mol. The van der Waals surface area contributed by atoms with Crippen LogP contribution in [-0.2, 0) is 4.74 Å². The second-order valence-electron chi connectivity index (χ2n) is 5.31. The van der Waals surface area contributed by atoms with Crippen molar-refractivity contribution in [1.82, 2.24) is 21.2 Å². The van der Waals surface area contributed by atoms with Gasteiger partial charge in [-0.25, -0.2) is 10.2 Å². The number of halogens is 1. The summed E-state index contributed by atoms with van der Waals surface area (Å²) in [6, 6.07) is 3.14. The molecular formula is C15H17ClN4O3S. The van der Waals surface area contributed by atoms with Crippen LogP contribution in [0.2, 0.25) is 4.34 Å². The summed E-state index contributed by atoms with van der Waals surface area (Å²) >= 11 is 7.31. The summed E-state index contributed by atoms with van der Waals surface area (Å²) in [6.45, 7) is 1.15. The maximum atomic E-state index is 12.2. The third-order valence-corrected chi connectivity index (χ3v) is 4.90. The number of amides is 3. The highest BCUT2D eigenvalue weighted by atomic mass is 35.5. The maximum Gasteiger partial charge on any atom is 0.333 e. The quantitative estimate of drug-likeness (QED) is 0.624. The van der Waals surface area contributed by atoms with Crippen molar-refractivity contribution in [2.45, 2.75) is 18.9 Å². The zero-order valence-corrected chi connectivity index (χ0v) is 14.3. The molecule has 0 aliphatic carbocycles. The molecule has 0 spiro atoms. The van der Waals surface area contributed by atoms with E-state index in [4.69, 9.17) is 16.3 Å². The molecule has 2 aromatic rings. The minimum absolute atomic E-state index is 0.0475. The van der Waals surface area contributed by atoms with Crippen LogP contribution in [0.4, 0.5) is 4.79 Å². The zero-order chi connectivity index (χ0) is 16.9. The molecule has 3 amide bonds. The Morgan fingerprint density at radius 2 is 2.21 bits per heavy atom. The van der Waals surface area contributed by atoms with Gasteiger partial charge < -0.3 is 15.0 Å². The minimum atomic E-state index is -0.477. The largest absolute Gasteiger partial charge is 0.376 e. The van der Waals surface area contributed by atoms with Crippen LogP contribution in [-0.4, -0.2) is 36.2 Å². The fourth-order valence-electron chi connectivity index (χ4n) is 2.45. The van der Waals surface area contributed by atoms with Gasteiger partial charge in [-0.1, -0.05) is 11.6 Å². The molecule has 0 saturated carbocycles. The molecule has 1 aliphatic rings. The van der Waals surface area contributed by atoms with Crippen LogP contribution in [0.1, 0.15) is 23.2 Å². The van der Waals surface area contributed by atoms with Gasteiger partial charge in [0.15, 0.2) is 0 Å². The van der Waals surface area contributed by atoms with Gasteiger partial charge in [-0.15, -0.1) is 11.3 Å². The molecule has 4 N–H and O–H groups in total. The monoisotopic (exact) mass is 368 g/mol. The average Bonchev–Trinajstić information content (AvgIpc) is 3.30. The fraction of sp³-hybridized carbons (Fsp3) is 0.333. The standard InChI is InChI=1S/C15H17ClN4O3S/c16-13-4-3-12(24-13)10-7-17-8-11(10)14(21)19-20-15(22)18-6-9-2-1-5-23-9/h3-4,7-9,17H,1-2,5-6H2,(H,19,21)(H2,18,20,22)/t9-/m1/s1. The Labute approximate surface area is 147 Å². The molecule has 3 rings (SSSR count). The Bertz CT molecular complexity index is 724. The molecule has 7 nitrogen and oxygen atoms in total. The molecule has 0 radical (unpaired) electrons. The lowest BCUT2D eigenvalue weighted by Crippen LogP contribution is -2.48. The van der Waals surface area contributed by atoms with Crippen LogP contribution >= 0.6 is 22.9 Å². The van der Waals surface area contributed by atoms with Crippen molar-refractivity contribution in [2.24, 2.45) is 0 Å². The van der Waals surface area contributed by atoms with E-state index in [0.29, 0.717) is 16.4 Å². The van der Waals surface area contributed by atoms with Crippen molar-refractivity contribution in [3.63, 3.8) is 0 Å². The third-order valence-electron chi connectivity index (χ3n) is 3.63. The van der Waals surface area contributed by atoms with Crippen molar-refractivity contribution in [1.29, 1.82) is 0 Å². The Balaban J connectivity index is 1.52. The molecule has 0 unspecified atom stereocenters. The van der Waals surface area contributed by atoms with Gasteiger partial charge in [-0.05, 0) is 25.0 Å². The number of thiophene rings is 1. The summed E-state index contributed by atoms with van der Waals surface area (Å²) in [7, 11) is 0. The molecule has 1 saturated heterocycles. The molecule has 24 heavy (non-hydrogen) atoms. The smallest absolute Gasteiger partial charge is 0.333 e. The first-order valence-electron chi connectivity index (χ1n) is 7.52. The molecule has 2 aromatic heterocycles. The number of urea groups is 1. The van der Waals surface area contributed by atoms with Crippen LogP contribution in [0.5, 0.6) is 0 Å². The van der Waals surface area contributed by atoms with Gasteiger partial charge in [0.05, 0.1) is 16.0 Å². The SMILES string of the molecule is O=C(NC[C@H]1CCCO1)NNC(=O)c1c[nH]cc1-c1ccc(Cl)s1. The molecule has 1 fully saturated rings.